The summed E-state index contributed by atoms with van der Waals surface area (Å²) in [5, 5.41) is 5.97. The fourth-order valence-corrected chi connectivity index (χ4v) is 2.33. The number of pyridine rings is 1. The summed E-state index contributed by atoms with van der Waals surface area (Å²) in [7, 11) is 1.81. The minimum atomic E-state index is -0.0301. The van der Waals surface area contributed by atoms with E-state index in [9.17, 15) is 4.79 Å². The molecule has 5 nitrogen and oxygen atoms in total. The number of carbonyl (C=O) groups is 1. The van der Waals surface area contributed by atoms with Crippen molar-refractivity contribution in [3.8, 4) is 0 Å². The monoisotopic (exact) mass is 277 g/mol. The summed E-state index contributed by atoms with van der Waals surface area (Å²) in [6.45, 7) is 4.42. The highest BCUT2D eigenvalue weighted by Gasteiger charge is 2.16. The predicted molar refractivity (Wildman–Crippen MR) is 79.0 cm³/mol. The highest BCUT2D eigenvalue weighted by molar-refractivity contribution is 5.95. The molecule has 1 saturated heterocycles. The average Bonchev–Trinajstić information content (AvgIpc) is 2.99. The zero-order chi connectivity index (χ0) is 14.4. The van der Waals surface area contributed by atoms with Gasteiger partial charge in [0, 0.05) is 38.1 Å². The van der Waals surface area contributed by atoms with Gasteiger partial charge in [-0.05, 0) is 37.3 Å². The van der Waals surface area contributed by atoms with Crippen LogP contribution in [0.25, 0.3) is 0 Å². The lowest BCUT2D eigenvalue weighted by atomic mass is 10.1. The highest BCUT2D eigenvalue weighted by atomic mass is 16.5. The number of ether oxygens (including phenoxy) is 1. The summed E-state index contributed by atoms with van der Waals surface area (Å²) in [5.41, 5.74) is 1.59. The topological polar surface area (TPSA) is 63.2 Å². The Morgan fingerprint density at radius 1 is 1.50 bits per heavy atom. The van der Waals surface area contributed by atoms with Crippen molar-refractivity contribution in [2.24, 2.45) is 5.92 Å². The summed E-state index contributed by atoms with van der Waals surface area (Å²) >= 11 is 0. The first-order chi connectivity index (χ1) is 9.72. The summed E-state index contributed by atoms with van der Waals surface area (Å²) < 4.78 is 5.33. The Balaban J connectivity index is 1.90. The molecule has 5 heteroatoms. The van der Waals surface area contributed by atoms with E-state index in [1.165, 1.54) is 0 Å². The van der Waals surface area contributed by atoms with Crippen LogP contribution in [0.4, 0.5) is 5.82 Å². The molecule has 2 N–H and O–H groups in total. The van der Waals surface area contributed by atoms with Crippen molar-refractivity contribution in [1.82, 2.24) is 10.3 Å². The van der Waals surface area contributed by atoms with Gasteiger partial charge in [0.05, 0.1) is 0 Å². The third-order valence-electron chi connectivity index (χ3n) is 3.62. The molecule has 0 saturated carbocycles. The number of anilines is 1. The molecule has 110 valence electrons. The predicted octanol–water partition coefficient (Wildman–Crippen LogP) is 1.84. The minimum absolute atomic E-state index is 0.0301. The van der Waals surface area contributed by atoms with E-state index in [0.29, 0.717) is 18.0 Å². The fourth-order valence-electron chi connectivity index (χ4n) is 2.33. The standard InChI is InChI=1S/C15H23N3O2/c1-3-13-8-12(9-14(16-2)18-13)15(19)17-6-4-11-5-7-20-10-11/h8-9,11H,3-7,10H2,1-2H3,(H,16,18)(H,17,19). The Morgan fingerprint density at radius 3 is 3.00 bits per heavy atom. The van der Waals surface area contributed by atoms with Gasteiger partial charge in [0.1, 0.15) is 5.82 Å². The number of hydrogen-bond donors (Lipinski definition) is 2. The number of hydrogen-bond acceptors (Lipinski definition) is 4. The largest absolute Gasteiger partial charge is 0.381 e. The van der Waals surface area contributed by atoms with Crippen LogP contribution in [0.2, 0.25) is 0 Å². The molecule has 1 aliphatic heterocycles. The molecule has 1 fully saturated rings. The summed E-state index contributed by atoms with van der Waals surface area (Å²) in [5.74, 6) is 1.29. The Bertz CT molecular complexity index is 434. The summed E-state index contributed by atoms with van der Waals surface area (Å²) in [6, 6.07) is 3.64. The van der Waals surface area contributed by atoms with Gasteiger partial charge in [-0.15, -0.1) is 0 Å². The van der Waals surface area contributed by atoms with Crippen molar-refractivity contribution < 1.29 is 9.53 Å². The van der Waals surface area contributed by atoms with E-state index in [0.717, 1.165) is 44.0 Å². The molecule has 0 spiro atoms. The van der Waals surface area contributed by atoms with Crippen molar-refractivity contribution in [2.75, 3.05) is 32.1 Å². The highest BCUT2D eigenvalue weighted by Crippen LogP contribution is 2.15. The molecule has 20 heavy (non-hydrogen) atoms. The van der Waals surface area contributed by atoms with Crippen LogP contribution in [-0.4, -0.2) is 37.7 Å². The lowest BCUT2D eigenvalue weighted by Crippen LogP contribution is -2.26. The number of carbonyl (C=O) groups excluding carboxylic acids is 1. The van der Waals surface area contributed by atoms with E-state index in [2.05, 4.69) is 15.6 Å². The number of aromatic nitrogens is 1. The number of amides is 1. The van der Waals surface area contributed by atoms with E-state index < -0.39 is 0 Å². The molecule has 1 unspecified atom stereocenters. The molecule has 0 radical (unpaired) electrons. The van der Waals surface area contributed by atoms with Gasteiger partial charge in [-0.2, -0.15) is 0 Å². The average molecular weight is 277 g/mol. The number of nitrogens with one attached hydrogen (secondary N) is 2. The maximum atomic E-state index is 12.2. The first kappa shape index (κ1) is 14.8. The van der Waals surface area contributed by atoms with Crippen LogP contribution in [0.3, 0.4) is 0 Å². The van der Waals surface area contributed by atoms with Gasteiger partial charge < -0.3 is 15.4 Å². The zero-order valence-electron chi connectivity index (χ0n) is 12.2. The second kappa shape index (κ2) is 7.24. The molecule has 1 atom stereocenters. The quantitative estimate of drug-likeness (QED) is 0.833. The van der Waals surface area contributed by atoms with Gasteiger partial charge in [-0.25, -0.2) is 4.98 Å². The Morgan fingerprint density at radius 2 is 2.35 bits per heavy atom. The third-order valence-corrected chi connectivity index (χ3v) is 3.62. The molecule has 1 aliphatic rings. The smallest absolute Gasteiger partial charge is 0.251 e. The normalized spacial score (nSPS) is 18.0. The van der Waals surface area contributed by atoms with E-state index in [1.54, 1.807) is 6.07 Å². The van der Waals surface area contributed by atoms with Crippen molar-refractivity contribution >= 4 is 11.7 Å². The molecule has 1 aromatic heterocycles. The summed E-state index contributed by atoms with van der Waals surface area (Å²) in [6.07, 6.45) is 2.90. The molecular weight excluding hydrogens is 254 g/mol. The van der Waals surface area contributed by atoms with Crippen LogP contribution in [0.15, 0.2) is 12.1 Å². The van der Waals surface area contributed by atoms with Gasteiger partial charge in [0.2, 0.25) is 0 Å². The van der Waals surface area contributed by atoms with Crippen LogP contribution >= 0.6 is 0 Å². The molecule has 0 bridgehead atoms. The van der Waals surface area contributed by atoms with Crippen LogP contribution < -0.4 is 10.6 Å². The van der Waals surface area contributed by atoms with E-state index in [4.69, 9.17) is 4.74 Å². The lowest BCUT2D eigenvalue weighted by Gasteiger charge is -2.10. The van der Waals surface area contributed by atoms with Crippen LogP contribution in [0.1, 0.15) is 35.8 Å². The van der Waals surface area contributed by atoms with Gasteiger partial charge >= 0.3 is 0 Å². The molecular formula is C15H23N3O2. The van der Waals surface area contributed by atoms with Gasteiger partial charge in [-0.3, -0.25) is 4.79 Å². The first-order valence-corrected chi connectivity index (χ1v) is 7.27. The number of aryl methyl sites for hydroxylation is 1. The van der Waals surface area contributed by atoms with Crippen molar-refractivity contribution in [3.63, 3.8) is 0 Å². The fraction of sp³-hybridized carbons (Fsp3) is 0.600. The Kier molecular flexibility index (Phi) is 5.35. The molecule has 0 aromatic carbocycles. The second-order valence-electron chi connectivity index (χ2n) is 5.11. The van der Waals surface area contributed by atoms with Gasteiger partial charge in [-0.1, -0.05) is 6.92 Å². The van der Waals surface area contributed by atoms with Crippen molar-refractivity contribution in [2.45, 2.75) is 26.2 Å². The maximum Gasteiger partial charge on any atom is 0.251 e. The second-order valence-corrected chi connectivity index (χ2v) is 5.11. The Hall–Kier alpha value is -1.62. The maximum absolute atomic E-state index is 12.2. The molecule has 1 aromatic rings. The van der Waals surface area contributed by atoms with E-state index in [-0.39, 0.29) is 5.91 Å². The van der Waals surface area contributed by atoms with E-state index >= 15 is 0 Å². The SMILES string of the molecule is CCc1cc(C(=O)NCCC2CCOC2)cc(NC)n1. The molecule has 2 heterocycles. The third kappa shape index (κ3) is 3.93. The number of nitrogens with zero attached hydrogens (tertiary/aromatic N) is 1. The lowest BCUT2D eigenvalue weighted by molar-refractivity contribution is 0.0950. The van der Waals surface area contributed by atoms with Crippen molar-refractivity contribution in [1.29, 1.82) is 0 Å². The molecule has 1 amide bonds. The van der Waals surface area contributed by atoms with Crippen molar-refractivity contribution in [3.05, 3.63) is 23.4 Å². The summed E-state index contributed by atoms with van der Waals surface area (Å²) in [4.78, 5) is 16.5. The minimum Gasteiger partial charge on any atom is -0.381 e. The molecule has 2 rings (SSSR count). The van der Waals surface area contributed by atoms with E-state index in [1.807, 2.05) is 20.0 Å². The molecule has 0 aliphatic carbocycles. The van der Waals surface area contributed by atoms with Gasteiger partial charge in [0.25, 0.3) is 5.91 Å². The van der Waals surface area contributed by atoms with Crippen LogP contribution in [0.5, 0.6) is 0 Å². The van der Waals surface area contributed by atoms with Gasteiger partial charge in [0.15, 0.2) is 0 Å². The first-order valence-electron chi connectivity index (χ1n) is 7.27. The Labute approximate surface area is 120 Å². The van der Waals surface area contributed by atoms with Crippen LogP contribution in [0, 0.1) is 5.92 Å². The van der Waals surface area contributed by atoms with Crippen LogP contribution in [-0.2, 0) is 11.2 Å². The number of rotatable bonds is 6. The zero-order valence-corrected chi connectivity index (χ0v) is 12.2.